The molecule has 0 radical (unpaired) electrons. The summed E-state index contributed by atoms with van der Waals surface area (Å²) in [6, 6.07) is 13.4. The Morgan fingerprint density at radius 3 is 2.65 bits per heavy atom. The smallest absolute Gasteiger partial charge is 0.277 e. The molecular formula is C23H28N6O2. The number of aryl methyl sites for hydroxylation is 1. The monoisotopic (exact) mass is 420 g/mol. The Kier molecular flexibility index (Phi) is 6.66. The van der Waals surface area contributed by atoms with Gasteiger partial charge in [-0.2, -0.15) is 0 Å². The maximum absolute atomic E-state index is 12.7. The fraction of sp³-hybridized carbons (Fsp3) is 0.435. The Hall–Kier alpha value is -3.13. The molecule has 1 fully saturated rings. The number of benzene rings is 1. The molecule has 31 heavy (non-hydrogen) atoms. The van der Waals surface area contributed by atoms with E-state index in [1.54, 1.807) is 18.2 Å². The molecule has 3 aromatic rings. The van der Waals surface area contributed by atoms with Crippen LogP contribution in [-0.4, -0.2) is 68.4 Å². The van der Waals surface area contributed by atoms with Gasteiger partial charge in [0.25, 0.3) is 5.56 Å². The number of carbonyl (C=O) groups excluding carboxylic acids is 1. The summed E-state index contributed by atoms with van der Waals surface area (Å²) in [5.41, 5.74) is 1.48. The molecule has 0 aliphatic carbocycles. The van der Waals surface area contributed by atoms with Crippen LogP contribution in [0.1, 0.15) is 25.0 Å². The van der Waals surface area contributed by atoms with Crippen molar-refractivity contribution in [2.45, 2.75) is 38.3 Å². The van der Waals surface area contributed by atoms with Gasteiger partial charge in [-0.15, -0.1) is 5.10 Å². The van der Waals surface area contributed by atoms with Crippen molar-refractivity contribution < 1.29 is 4.79 Å². The maximum atomic E-state index is 12.7. The van der Waals surface area contributed by atoms with Crippen molar-refractivity contribution in [3.8, 4) is 0 Å². The summed E-state index contributed by atoms with van der Waals surface area (Å²) in [6.45, 7) is 3.18. The Labute approximate surface area is 181 Å². The van der Waals surface area contributed by atoms with E-state index in [0.29, 0.717) is 10.9 Å². The highest BCUT2D eigenvalue weighted by atomic mass is 16.2. The lowest BCUT2D eigenvalue weighted by molar-refractivity contribution is -0.133. The molecule has 0 spiro atoms. The summed E-state index contributed by atoms with van der Waals surface area (Å²) in [5.74, 6) is 0.0359. The Balaban J connectivity index is 1.25. The largest absolute Gasteiger partial charge is 0.343 e. The molecule has 1 amide bonds. The summed E-state index contributed by atoms with van der Waals surface area (Å²) in [7, 11) is 1.87. The Bertz CT molecular complexity index is 1080. The molecule has 8 nitrogen and oxygen atoms in total. The average Bonchev–Trinajstić information content (AvgIpc) is 2.83. The molecule has 8 heteroatoms. The lowest BCUT2D eigenvalue weighted by Gasteiger charge is -2.36. The number of carbonyl (C=O) groups is 1. The number of aromatic nitrogens is 4. The molecule has 3 heterocycles. The predicted octanol–water partition coefficient (Wildman–Crippen LogP) is 1.74. The zero-order chi connectivity index (χ0) is 21.6. The second-order valence-corrected chi connectivity index (χ2v) is 8.03. The summed E-state index contributed by atoms with van der Waals surface area (Å²) >= 11 is 0. The van der Waals surface area contributed by atoms with Gasteiger partial charge in [0.2, 0.25) is 5.91 Å². The van der Waals surface area contributed by atoms with Crippen LogP contribution < -0.4 is 5.56 Å². The second-order valence-electron chi connectivity index (χ2n) is 8.03. The van der Waals surface area contributed by atoms with Gasteiger partial charge in [-0.25, -0.2) is 4.68 Å². The first-order valence-corrected chi connectivity index (χ1v) is 10.8. The molecule has 1 aliphatic heterocycles. The van der Waals surface area contributed by atoms with Crippen molar-refractivity contribution in [3.63, 3.8) is 0 Å². The Morgan fingerprint density at radius 1 is 1.10 bits per heavy atom. The van der Waals surface area contributed by atoms with Gasteiger partial charge >= 0.3 is 0 Å². The number of likely N-dealkylation sites (tertiary alicyclic amines) is 1. The van der Waals surface area contributed by atoms with Gasteiger partial charge < -0.3 is 9.80 Å². The fourth-order valence-corrected chi connectivity index (χ4v) is 4.10. The molecule has 0 atom stereocenters. The van der Waals surface area contributed by atoms with E-state index in [9.17, 15) is 9.59 Å². The molecular weight excluding hydrogens is 392 g/mol. The molecule has 0 N–H and O–H groups in total. The topological polar surface area (TPSA) is 84.2 Å². The van der Waals surface area contributed by atoms with Crippen molar-refractivity contribution in [1.82, 2.24) is 29.8 Å². The van der Waals surface area contributed by atoms with Gasteiger partial charge in [0, 0.05) is 57.5 Å². The quantitative estimate of drug-likeness (QED) is 0.579. The van der Waals surface area contributed by atoms with E-state index in [0.717, 1.165) is 44.6 Å². The molecule has 4 rings (SSSR count). The van der Waals surface area contributed by atoms with E-state index in [4.69, 9.17) is 0 Å². The number of rotatable bonds is 7. The minimum atomic E-state index is -0.206. The molecule has 0 bridgehead atoms. The standard InChI is InChI=1S/C23H28N6O2/c1-27(19-10-15-28(16-11-19)14-9-18-6-4-5-13-24-18)22(30)12-17-29-23(31)20-7-2-3-8-21(20)25-26-29/h2-8,13,19H,9-12,14-17H2,1H3. The van der Waals surface area contributed by atoms with Crippen LogP contribution in [0.2, 0.25) is 0 Å². The highest BCUT2D eigenvalue weighted by Crippen LogP contribution is 2.17. The van der Waals surface area contributed by atoms with Crippen molar-refractivity contribution >= 4 is 16.8 Å². The van der Waals surface area contributed by atoms with Crippen LogP contribution in [0.4, 0.5) is 0 Å². The van der Waals surface area contributed by atoms with E-state index >= 15 is 0 Å². The minimum absolute atomic E-state index is 0.0359. The highest BCUT2D eigenvalue weighted by Gasteiger charge is 2.25. The van der Waals surface area contributed by atoms with Crippen LogP contribution in [0.5, 0.6) is 0 Å². The van der Waals surface area contributed by atoms with E-state index in [1.807, 2.05) is 36.3 Å². The van der Waals surface area contributed by atoms with Crippen LogP contribution in [-0.2, 0) is 17.8 Å². The van der Waals surface area contributed by atoms with Gasteiger partial charge in [-0.3, -0.25) is 14.6 Å². The molecule has 0 unspecified atom stereocenters. The molecule has 162 valence electrons. The zero-order valence-electron chi connectivity index (χ0n) is 17.9. The molecule has 2 aromatic heterocycles. The predicted molar refractivity (Wildman–Crippen MR) is 119 cm³/mol. The molecule has 1 aliphatic rings. The van der Waals surface area contributed by atoms with E-state index < -0.39 is 0 Å². The first-order valence-electron chi connectivity index (χ1n) is 10.8. The van der Waals surface area contributed by atoms with E-state index in [-0.39, 0.29) is 30.5 Å². The lowest BCUT2D eigenvalue weighted by Crippen LogP contribution is -2.46. The fourth-order valence-electron chi connectivity index (χ4n) is 4.10. The zero-order valence-corrected chi connectivity index (χ0v) is 17.9. The maximum Gasteiger partial charge on any atom is 0.277 e. The number of nitrogens with zero attached hydrogens (tertiary/aromatic N) is 6. The van der Waals surface area contributed by atoms with Crippen LogP contribution >= 0.6 is 0 Å². The van der Waals surface area contributed by atoms with Crippen LogP contribution in [0, 0.1) is 0 Å². The van der Waals surface area contributed by atoms with E-state index in [1.165, 1.54) is 4.68 Å². The lowest BCUT2D eigenvalue weighted by atomic mass is 10.0. The van der Waals surface area contributed by atoms with Gasteiger partial charge in [0.15, 0.2) is 0 Å². The highest BCUT2D eigenvalue weighted by molar-refractivity contribution is 5.77. The van der Waals surface area contributed by atoms with Crippen molar-refractivity contribution in [1.29, 1.82) is 0 Å². The third-order valence-corrected chi connectivity index (χ3v) is 6.08. The first kappa shape index (κ1) is 21.1. The van der Waals surface area contributed by atoms with Gasteiger partial charge in [-0.1, -0.05) is 23.4 Å². The number of hydrogen-bond acceptors (Lipinski definition) is 6. The van der Waals surface area contributed by atoms with E-state index in [2.05, 4.69) is 26.3 Å². The SMILES string of the molecule is CN(C(=O)CCn1nnc2ccccc2c1=O)C1CCN(CCc2ccccn2)CC1. The number of pyridine rings is 1. The van der Waals surface area contributed by atoms with Crippen molar-refractivity contribution in [2.24, 2.45) is 0 Å². The first-order chi connectivity index (χ1) is 15.1. The van der Waals surface area contributed by atoms with Crippen molar-refractivity contribution in [2.75, 3.05) is 26.7 Å². The average molecular weight is 421 g/mol. The van der Waals surface area contributed by atoms with Gasteiger partial charge in [-0.05, 0) is 37.1 Å². The minimum Gasteiger partial charge on any atom is -0.343 e. The molecule has 1 saturated heterocycles. The van der Waals surface area contributed by atoms with Gasteiger partial charge in [0.05, 0.1) is 11.9 Å². The second kappa shape index (κ2) is 9.78. The van der Waals surface area contributed by atoms with Gasteiger partial charge in [0.1, 0.15) is 5.52 Å². The van der Waals surface area contributed by atoms with Crippen LogP contribution in [0.25, 0.3) is 10.9 Å². The van der Waals surface area contributed by atoms with Crippen molar-refractivity contribution in [3.05, 3.63) is 64.7 Å². The summed E-state index contributed by atoms with van der Waals surface area (Å²) in [4.78, 5) is 33.9. The molecule has 1 aromatic carbocycles. The number of piperidine rings is 1. The molecule has 0 saturated carbocycles. The third kappa shape index (κ3) is 5.14. The summed E-state index contributed by atoms with van der Waals surface area (Å²) in [6.07, 6.45) is 4.94. The Morgan fingerprint density at radius 2 is 1.87 bits per heavy atom. The van der Waals surface area contributed by atoms with Crippen LogP contribution in [0.15, 0.2) is 53.5 Å². The number of hydrogen-bond donors (Lipinski definition) is 0. The number of amides is 1. The normalized spacial score (nSPS) is 15.3. The number of fused-ring (bicyclic) bond motifs is 1. The summed E-state index contributed by atoms with van der Waals surface area (Å²) < 4.78 is 1.29. The van der Waals surface area contributed by atoms with Crippen LogP contribution in [0.3, 0.4) is 0 Å². The third-order valence-electron chi connectivity index (χ3n) is 6.08. The summed E-state index contributed by atoms with van der Waals surface area (Å²) in [5, 5.41) is 8.58.